The van der Waals surface area contributed by atoms with Gasteiger partial charge in [0.2, 0.25) is 5.78 Å². The SMILES string of the molecule is CCN1CCc2cc(CC(=O)C(F)(F)F)ccc21. The Labute approximate surface area is 103 Å². The van der Waals surface area contributed by atoms with Crippen LogP contribution >= 0.6 is 0 Å². The molecule has 0 aromatic heterocycles. The number of alkyl halides is 3. The van der Waals surface area contributed by atoms with Crippen LogP contribution in [0.5, 0.6) is 0 Å². The van der Waals surface area contributed by atoms with Crippen LogP contribution in [0.4, 0.5) is 18.9 Å². The van der Waals surface area contributed by atoms with Gasteiger partial charge in [0, 0.05) is 25.2 Å². The van der Waals surface area contributed by atoms with Gasteiger partial charge in [-0.15, -0.1) is 0 Å². The fraction of sp³-hybridized carbons (Fsp3) is 0.462. The van der Waals surface area contributed by atoms with E-state index in [-0.39, 0.29) is 0 Å². The number of rotatable bonds is 3. The van der Waals surface area contributed by atoms with E-state index in [1.165, 1.54) is 0 Å². The maximum Gasteiger partial charge on any atom is 0.450 e. The smallest absolute Gasteiger partial charge is 0.371 e. The van der Waals surface area contributed by atoms with Gasteiger partial charge in [0.1, 0.15) is 0 Å². The Bertz CT molecular complexity index is 468. The van der Waals surface area contributed by atoms with E-state index in [1.807, 2.05) is 13.0 Å². The fourth-order valence-electron chi connectivity index (χ4n) is 2.25. The highest BCUT2D eigenvalue weighted by Crippen LogP contribution is 2.29. The first-order valence-electron chi connectivity index (χ1n) is 5.88. The van der Waals surface area contributed by atoms with Crippen molar-refractivity contribution >= 4 is 11.5 Å². The maximum absolute atomic E-state index is 12.2. The van der Waals surface area contributed by atoms with Crippen molar-refractivity contribution < 1.29 is 18.0 Å². The molecule has 0 aliphatic carbocycles. The van der Waals surface area contributed by atoms with Crippen LogP contribution in [0.2, 0.25) is 0 Å². The molecule has 0 radical (unpaired) electrons. The lowest BCUT2D eigenvalue weighted by Gasteiger charge is -2.16. The third-order valence-corrected chi connectivity index (χ3v) is 3.20. The summed E-state index contributed by atoms with van der Waals surface area (Å²) in [5.41, 5.74) is 2.54. The molecule has 0 saturated heterocycles. The standard InChI is InChI=1S/C13H14F3NO/c1-2-17-6-5-10-7-9(3-4-11(10)17)8-12(18)13(14,15)16/h3-4,7H,2,5-6,8H2,1H3. The highest BCUT2D eigenvalue weighted by atomic mass is 19.4. The molecule has 0 atom stereocenters. The lowest BCUT2D eigenvalue weighted by atomic mass is 10.0. The van der Waals surface area contributed by atoms with Crippen molar-refractivity contribution in [3.63, 3.8) is 0 Å². The minimum absolute atomic E-state index is 0.439. The molecular formula is C13H14F3NO. The van der Waals surface area contributed by atoms with Gasteiger partial charge in [-0.05, 0) is 30.5 Å². The van der Waals surface area contributed by atoms with E-state index in [4.69, 9.17) is 0 Å². The Morgan fingerprint density at radius 2 is 2.11 bits per heavy atom. The lowest BCUT2D eigenvalue weighted by Crippen LogP contribution is -2.24. The number of ketones is 1. The number of hydrogen-bond acceptors (Lipinski definition) is 2. The molecule has 0 bridgehead atoms. The van der Waals surface area contributed by atoms with Gasteiger partial charge in [0.15, 0.2) is 0 Å². The van der Waals surface area contributed by atoms with Crippen LogP contribution in [0.1, 0.15) is 18.1 Å². The Kier molecular flexibility index (Phi) is 3.32. The summed E-state index contributed by atoms with van der Waals surface area (Å²) < 4.78 is 36.5. The van der Waals surface area contributed by atoms with Crippen molar-refractivity contribution in [3.8, 4) is 0 Å². The molecule has 0 fully saturated rings. The monoisotopic (exact) mass is 257 g/mol. The number of benzene rings is 1. The molecule has 0 N–H and O–H groups in total. The number of Topliss-reactive ketones (excluding diaryl/α,β-unsaturated/α-hetero) is 1. The molecule has 0 amide bonds. The third kappa shape index (κ3) is 2.49. The van der Waals surface area contributed by atoms with Gasteiger partial charge in [-0.3, -0.25) is 4.79 Å². The fourth-order valence-corrected chi connectivity index (χ4v) is 2.25. The first-order valence-corrected chi connectivity index (χ1v) is 5.88. The second-order valence-electron chi connectivity index (χ2n) is 4.39. The zero-order chi connectivity index (χ0) is 13.3. The summed E-state index contributed by atoms with van der Waals surface area (Å²) in [6, 6.07) is 5.13. The molecule has 0 spiro atoms. The average molecular weight is 257 g/mol. The summed E-state index contributed by atoms with van der Waals surface area (Å²) in [7, 11) is 0. The van der Waals surface area contributed by atoms with Gasteiger partial charge in [-0.2, -0.15) is 13.2 Å². The first kappa shape index (κ1) is 12.9. The molecule has 0 saturated carbocycles. The van der Waals surface area contributed by atoms with Crippen LogP contribution in [0.3, 0.4) is 0 Å². The number of halogens is 3. The normalized spacial score (nSPS) is 14.8. The van der Waals surface area contributed by atoms with E-state index < -0.39 is 18.4 Å². The molecule has 2 nitrogen and oxygen atoms in total. The molecule has 5 heteroatoms. The summed E-state index contributed by atoms with van der Waals surface area (Å²) in [6.07, 6.45) is -4.48. The molecule has 18 heavy (non-hydrogen) atoms. The van der Waals surface area contributed by atoms with E-state index in [1.54, 1.807) is 12.1 Å². The van der Waals surface area contributed by atoms with Gasteiger partial charge in [-0.25, -0.2) is 0 Å². The minimum atomic E-state index is -4.74. The highest BCUT2D eigenvalue weighted by Gasteiger charge is 2.37. The van der Waals surface area contributed by atoms with Crippen LogP contribution in [0.15, 0.2) is 18.2 Å². The van der Waals surface area contributed by atoms with Crippen molar-refractivity contribution in [2.24, 2.45) is 0 Å². The molecule has 1 aliphatic heterocycles. The number of hydrogen-bond donors (Lipinski definition) is 0. The Balaban J connectivity index is 2.16. The van der Waals surface area contributed by atoms with Crippen molar-refractivity contribution in [3.05, 3.63) is 29.3 Å². The number of anilines is 1. The maximum atomic E-state index is 12.2. The molecule has 1 aromatic rings. The summed E-state index contributed by atoms with van der Waals surface area (Å²) in [5.74, 6) is -1.69. The quantitative estimate of drug-likeness (QED) is 0.829. The zero-order valence-corrected chi connectivity index (χ0v) is 10.0. The minimum Gasteiger partial charge on any atom is -0.371 e. The van der Waals surface area contributed by atoms with E-state index in [0.29, 0.717) is 5.56 Å². The van der Waals surface area contributed by atoms with Crippen LogP contribution < -0.4 is 4.90 Å². The highest BCUT2D eigenvalue weighted by molar-refractivity contribution is 5.86. The molecule has 2 rings (SSSR count). The molecule has 1 aromatic carbocycles. The van der Waals surface area contributed by atoms with Crippen LogP contribution in [-0.4, -0.2) is 25.0 Å². The predicted octanol–water partition coefficient (Wildman–Crippen LogP) is 2.74. The summed E-state index contributed by atoms with van der Waals surface area (Å²) in [4.78, 5) is 13.1. The number of nitrogens with zero attached hydrogens (tertiary/aromatic N) is 1. The summed E-state index contributed by atoms with van der Waals surface area (Å²) in [6.45, 7) is 3.81. The number of carbonyl (C=O) groups is 1. The average Bonchev–Trinajstić information content (AvgIpc) is 2.69. The van der Waals surface area contributed by atoms with E-state index in [9.17, 15) is 18.0 Å². The Morgan fingerprint density at radius 3 is 2.72 bits per heavy atom. The number of fused-ring (bicyclic) bond motifs is 1. The first-order chi connectivity index (χ1) is 8.41. The lowest BCUT2D eigenvalue weighted by molar-refractivity contribution is -0.170. The van der Waals surface area contributed by atoms with Gasteiger partial charge in [-0.1, -0.05) is 12.1 Å². The molecule has 0 unspecified atom stereocenters. The summed E-state index contributed by atoms with van der Waals surface area (Å²) >= 11 is 0. The van der Waals surface area contributed by atoms with Crippen molar-refractivity contribution in [2.45, 2.75) is 25.9 Å². The van der Waals surface area contributed by atoms with Crippen LogP contribution in [0.25, 0.3) is 0 Å². The van der Waals surface area contributed by atoms with Gasteiger partial charge in [0.05, 0.1) is 0 Å². The third-order valence-electron chi connectivity index (χ3n) is 3.20. The van der Waals surface area contributed by atoms with Crippen molar-refractivity contribution in [1.29, 1.82) is 0 Å². The van der Waals surface area contributed by atoms with Crippen molar-refractivity contribution in [1.82, 2.24) is 0 Å². The van der Waals surface area contributed by atoms with Crippen LogP contribution in [-0.2, 0) is 17.6 Å². The molecule has 1 heterocycles. The van der Waals surface area contributed by atoms with E-state index in [0.717, 1.165) is 30.8 Å². The predicted molar refractivity (Wildman–Crippen MR) is 62.8 cm³/mol. The van der Waals surface area contributed by atoms with Gasteiger partial charge in [0.25, 0.3) is 0 Å². The van der Waals surface area contributed by atoms with Crippen molar-refractivity contribution in [2.75, 3.05) is 18.0 Å². The van der Waals surface area contributed by atoms with E-state index >= 15 is 0 Å². The largest absolute Gasteiger partial charge is 0.450 e. The van der Waals surface area contributed by atoms with Gasteiger partial charge < -0.3 is 4.90 Å². The molecular weight excluding hydrogens is 243 g/mol. The second-order valence-corrected chi connectivity index (χ2v) is 4.39. The Morgan fingerprint density at radius 1 is 1.39 bits per heavy atom. The number of carbonyl (C=O) groups excluding carboxylic acids is 1. The molecule has 1 aliphatic rings. The van der Waals surface area contributed by atoms with Gasteiger partial charge >= 0.3 is 6.18 Å². The molecule has 98 valence electrons. The topological polar surface area (TPSA) is 20.3 Å². The van der Waals surface area contributed by atoms with E-state index in [2.05, 4.69) is 4.90 Å². The van der Waals surface area contributed by atoms with Crippen LogP contribution in [0, 0.1) is 0 Å². The zero-order valence-electron chi connectivity index (χ0n) is 10.0. The number of likely N-dealkylation sites (N-methyl/N-ethyl adjacent to an activating group) is 1. The summed E-state index contributed by atoms with van der Waals surface area (Å²) in [5, 5.41) is 0. The second kappa shape index (κ2) is 4.63. The Hall–Kier alpha value is -1.52.